The van der Waals surface area contributed by atoms with Gasteiger partial charge in [-0.1, -0.05) is 24.3 Å². The van der Waals surface area contributed by atoms with Crippen LogP contribution in [0.15, 0.2) is 30.3 Å². The monoisotopic (exact) mass is 198 g/mol. The molecule has 0 aliphatic carbocycles. The lowest BCUT2D eigenvalue weighted by Gasteiger charge is -2.18. The smallest absolute Gasteiger partial charge is 0.200 e. The zero-order chi connectivity index (χ0) is 10.4. The molecule has 0 aromatic heterocycles. The first-order chi connectivity index (χ1) is 7.27. The number of benzene rings is 2. The lowest BCUT2D eigenvalue weighted by Crippen LogP contribution is -2.17. The van der Waals surface area contributed by atoms with Crippen molar-refractivity contribution in [2.24, 2.45) is 0 Å². The fourth-order valence-electron chi connectivity index (χ4n) is 2.09. The quantitative estimate of drug-likeness (QED) is 0.650. The third-order valence-corrected chi connectivity index (χ3v) is 2.88. The minimum atomic E-state index is 0.0682. The molecule has 3 rings (SSSR count). The van der Waals surface area contributed by atoms with E-state index in [-0.39, 0.29) is 12.4 Å². The highest BCUT2D eigenvalue weighted by molar-refractivity contribution is 6.13. The van der Waals surface area contributed by atoms with Crippen LogP contribution >= 0.6 is 0 Å². The highest BCUT2D eigenvalue weighted by Crippen LogP contribution is 2.34. The largest absolute Gasteiger partial charge is 0.485 e. The van der Waals surface area contributed by atoms with Gasteiger partial charge in [0, 0.05) is 10.9 Å². The molecule has 0 N–H and O–H groups in total. The van der Waals surface area contributed by atoms with E-state index in [0.717, 1.165) is 22.1 Å². The van der Waals surface area contributed by atoms with Gasteiger partial charge >= 0.3 is 0 Å². The molecule has 0 unspecified atom stereocenters. The number of hydrogen-bond donors (Lipinski definition) is 0. The average molecular weight is 198 g/mol. The van der Waals surface area contributed by atoms with Crippen molar-refractivity contribution in [1.29, 1.82) is 0 Å². The zero-order valence-electron chi connectivity index (χ0n) is 8.41. The Balaban J connectivity index is 2.53. The van der Waals surface area contributed by atoms with Gasteiger partial charge in [-0.3, -0.25) is 4.79 Å². The Labute approximate surface area is 87.5 Å². The minimum absolute atomic E-state index is 0.0682. The summed E-state index contributed by atoms with van der Waals surface area (Å²) in [6.07, 6.45) is 0. The SMILES string of the molecule is Cc1ccc2c3c(cccc13)C(=O)CO2. The van der Waals surface area contributed by atoms with Crippen molar-refractivity contribution in [2.75, 3.05) is 6.61 Å². The fourth-order valence-corrected chi connectivity index (χ4v) is 2.09. The lowest BCUT2D eigenvalue weighted by molar-refractivity contribution is 0.0915. The molecule has 2 aromatic rings. The van der Waals surface area contributed by atoms with Gasteiger partial charge in [-0.25, -0.2) is 0 Å². The predicted octanol–water partition coefficient (Wildman–Crippen LogP) is 2.72. The third kappa shape index (κ3) is 1.08. The maximum atomic E-state index is 11.7. The van der Waals surface area contributed by atoms with Crippen molar-refractivity contribution in [2.45, 2.75) is 6.92 Å². The number of ketones is 1. The number of ether oxygens (including phenoxy) is 1. The molecule has 0 saturated heterocycles. The Hall–Kier alpha value is -1.83. The Morgan fingerprint density at radius 1 is 1.20 bits per heavy atom. The summed E-state index contributed by atoms with van der Waals surface area (Å²) in [6, 6.07) is 9.79. The summed E-state index contributed by atoms with van der Waals surface area (Å²) in [7, 11) is 0. The van der Waals surface area contributed by atoms with E-state index in [0.29, 0.717) is 0 Å². The molecule has 0 saturated carbocycles. The second-order valence-corrected chi connectivity index (χ2v) is 3.82. The first-order valence-electron chi connectivity index (χ1n) is 4.96. The highest BCUT2D eigenvalue weighted by Gasteiger charge is 2.20. The second-order valence-electron chi connectivity index (χ2n) is 3.82. The van der Waals surface area contributed by atoms with E-state index in [9.17, 15) is 4.79 Å². The van der Waals surface area contributed by atoms with Crippen molar-refractivity contribution in [3.63, 3.8) is 0 Å². The molecule has 2 heteroatoms. The Morgan fingerprint density at radius 3 is 2.93 bits per heavy atom. The predicted molar refractivity (Wildman–Crippen MR) is 58.5 cm³/mol. The number of carbonyl (C=O) groups excluding carboxylic acids is 1. The van der Waals surface area contributed by atoms with E-state index in [2.05, 4.69) is 0 Å². The summed E-state index contributed by atoms with van der Waals surface area (Å²) in [5.41, 5.74) is 1.96. The van der Waals surface area contributed by atoms with E-state index in [4.69, 9.17) is 4.74 Å². The molecule has 2 aromatic carbocycles. The Bertz CT molecular complexity index is 570. The summed E-state index contributed by atoms with van der Waals surface area (Å²) in [5, 5.41) is 2.08. The van der Waals surface area contributed by atoms with Crippen LogP contribution < -0.4 is 4.74 Å². The molecule has 0 atom stereocenters. The maximum Gasteiger partial charge on any atom is 0.200 e. The Morgan fingerprint density at radius 2 is 2.07 bits per heavy atom. The summed E-state index contributed by atoms with van der Waals surface area (Å²) in [5.74, 6) is 0.893. The molecule has 1 aliphatic rings. The molecule has 0 radical (unpaired) electrons. The van der Waals surface area contributed by atoms with Gasteiger partial charge in [0.05, 0.1) is 0 Å². The molecule has 0 bridgehead atoms. The van der Waals surface area contributed by atoms with Crippen LogP contribution in [0.4, 0.5) is 0 Å². The van der Waals surface area contributed by atoms with Crippen LogP contribution in [0.25, 0.3) is 10.8 Å². The molecule has 1 heterocycles. The van der Waals surface area contributed by atoms with Gasteiger partial charge < -0.3 is 4.74 Å². The first-order valence-corrected chi connectivity index (χ1v) is 4.96. The van der Waals surface area contributed by atoms with E-state index in [1.165, 1.54) is 5.56 Å². The van der Waals surface area contributed by atoms with Gasteiger partial charge in [0.2, 0.25) is 5.78 Å². The third-order valence-electron chi connectivity index (χ3n) is 2.88. The van der Waals surface area contributed by atoms with Crippen LogP contribution in [-0.4, -0.2) is 12.4 Å². The van der Waals surface area contributed by atoms with Crippen molar-refractivity contribution in [3.8, 4) is 5.75 Å². The molecule has 74 valence electrons. The van der Waals surface area contributed by atoms with E-state index < -0.39 is 0 Å². The summed E-state index contributed by atoms with van der Waals surface area (Å²) in [6.45, 7) is 2.21. The van der Waals surface area contributed by atoms with Gasteiger partial charge in [0.1, 0.15) is 5.75 Å². The van der Waals surface area contributed by atoms with Crippen molar-refractivity contribution in [3.05, 3.63) is 41.5 Å². The number of rotatable bonds is 0. The first kappa shape index (κ1) is 8.48. The summed E-state index contributed by atoms with van der Waals surface area (Å²) < 4.78 is 5.41. The highest BCUT2D eigenvalue weighted by atomic mass is 16.5. The van der Waals surface area contributed by atoms with Crippen LogP contribution in [-0.2, 0) is 0 Å². The fraction of sp³-hybridized carbons (Fsp3) is 0.154. The molecule has 0 amide bonds. The average Bonchev–Trinajstić information content (AvgIpc) is 2.27. The van der Waals surface area contributed by atoms with Crippen LogP contribution in [0.1, 0.15) is 15.9 Å². The Kier molecular flexibility index (Phi) is 1.60. The van der Waals surface area contributed by atoms with Gasteiger partial charge in [0.15, 0.2) is 6.61 Å². The minimum Gasteiger partial charge on any atom is -0.485 e. The van der Waals surface area contributed by atoms with Gasteiger partial charge in [-0.05, 0) is 23.9 Å². The molecule has 1 aliphatic heterocycles. The zero-order valence-corrected chi connectivity index (χ0v) is 8.41. The van der Waals surface area contributed by atoms with Crippen molar-refractivity contribution in [1.82, 2.24) is 0 Å². The van der Waals surface area contributed by atoms with E-state index >= 15 is 0 Å². The van der Waals surface area contributed by atoms with Crippen molar-refractivity contribution >= 4 is 16.6 Å². The van der Waals surface area contributed by atoms with Gasteiger partial charge in [0.25, 0.3) is 0 Å². The standard InChI is InChI=1S/C13H10O2/c1-8-5-6-12-13-9(8)3-2-4-10(13)11(14)7-15-12/h2-6H,7H2,1H3. The molecule has 0 fully saturated rings. The molecular weight excluding hydrogens is 188 g/mol. The van der Waals surface area contributed by atoms with Gasteiger partial charge in [-0.2, -0.15) is 0 Å². The van der Waals surface area contributed by atoms with E-state index in [1.54, 1.807) is 0 Å². The van der Waals surface area contributed by atoms with Crippen LogP contribution in [0.5, 0.6) is 5.75 Å². The topological polar surface area (TPSA) is 26.3 Å². The number of Topliss-reactive ketones (excluding diaryl/α,β-unsaturated/α-hetero) is 1. The summed E-state index contributed by atoms with van der Waals surface area (Å²) >= 11 is 0. The van der Waals surface area contributed by atoms with E-state index in [1.807, 2.05) is 37.3 Å². The normalized spacial score (nSPS) is 14.1. The van der Waals surface area contributed by atoms with Gasteiger partial charge in [-0.15, -0.1) is 0 Å². The van der Waals surface area contributed by atoms with Crippen LogP contribution in [0.2, 0.25) is 0 Å². The molecule has 2 nitrogen and oxygen atoms in total. The van der Waals surface area contributed by atoms with Crippen LogP contribution in [0, 0.1) is 6.92 Å². The lowest BCUT2D eigenvalue weighted by atomic mass is 9.96. The van der Waals surface area contributed by atoms with Crippen molar-refractivity contribution < 1.29 is 9.53 Å². The van der Waals surface area contributed by atoms with Crippen LogP contribution in [0.3, 0.4) is 0 Å². The number of carbonyl (C=O) groups is 1. The molecule has 15 heavy (non-hydrogen) atoms. The summed E-state index contributed by atoms with van der Waals surface area (Å²) in [4.78, 5) is 11.7. The maximum absolute atomic E-state index is 11.7. The second kappa shape index (κ2) is 2.83. The molecular formula is C13H10O2. The number of hydrogen-bond acceptors (Lipinski definition) is 2. The molecule has 0 spiro atoms. The number of aryl methyl sites for hydroxylation is 1.